The lowest BCUT2D eigenvalue weighted by Crippen LogP contribution is -2.35. The Morgan fingerprint density at radius 2 is 1.74 bits per heavy atom. The minimum absolute atomic E-state index is 0.0217. The Bertz CT molecular complexity index is 941. The molecule has 2 aromatic carbocycles. The molecule has 5 nitrogen and oxygen atoms in total. The zero-order chi connectivity index (χ0) is 19.7. The zero-order valence-corrected chi connectivity index (χ0v) is 15.0. The number of carbonyl (C=O) groups excluding carboxylic acids is 1. The Hall–Kier alpha value is -2.55. The van der Waals surface area contributed by atoms with Gasteiger partial charge < -0.3 is 5.32 Å². The van der Waals surface area contributed by atoms with Crippen LogP contribution in [-0.4, -0.2) is 33.6 Å². The van der Waals surface area contributed by atoms with Crippen molar-refractivity contribution in [1.82, 2.24) is 5.32 Å². The highest BCUT2D eigenvalue weighted by atomic mass is 32.2. The third-order valence-electron chi connectivity index (χ3n) is 4.22. The number of anilines is 1. The summed E-state index contributed by atoms with van der Waals surface area (Å²) in [6.07, 6.45) is -3.03. The van der Waals surface area contributed by atoms with E-state index in [4.69, 9.17) is 0 Å². The number of sulfonamides is 1. The third-order valence-corrected chi connectivity index (χ3v) is 6.05. The molecule has 0 spiro atoms. The number of rotatable bonds is 4. The number of nitrogens with zero attached hydrogens (tertiary/aromatic N) is 1. The standard InChI is InChI=1S/C18H17F3N2O3S/c19-18(20,21)12-22-17(24)14-7-9-15(10-8-14)27(25,26)23-11-3-5-13-4-1-2-6-16(13)23/h1-2,4,6-10H,3,5,11-12H2,(H,22,24). The van der Waals surface area contributed by atoms with E-state index in [0.717, 1.165) is 12.0 Å². The van der Waals surface area contributed by atoms with Gasteiger partial charge in [-0.2, -0.15) is 13.2 Å². The van der Waals surface area contributed by atoms with Crippen LogP contribution in [0.15, 0.2) is 53.4 Å². The second-order valence-electron chi connectivity index (χ2n) is 6.13. The van der Waals surface area contributed by atoms with Gasteiger partial charge in [-0.25, -0.2) is 8.42 Å². The fraction of sp³-hybridized carbons (Fsp3) is 0.278. The van der Waals surface area contributed by atoms with Crippen LogP contribution in [0.2, 0.25) is 0 Å². The average Bonchev–Trinajstić information content (AvgIpc) is 2.65. The van der Waals surface area contributed by atoms with E-state index in [0.29, 0.717) is 18.7 Å². The fourth-order valence-corrected chi connectivity index (χ4v) is 4.48. The van der Waals surface area contributed by atoms with Crippen LogP contribution >= 0.6 is 0 Å². The first-order valence-electron chi connectivity index (χ1n) is 8.24. The Morgan fingerprint density at radius 3 is 2.41 bits per heavy atom. The van der Waals surface area contributed by atoms with E-state index in [9.17, 15) is 26.4 Å². The molecule has 0 bridgehead atoms. The number of carbonyl (C=O) groups is 1. The van der Waals surface area contributed by atoms with Crippen LogP contribution in [0.1, 0.15) is 22.3 Å². The van der Waals surface area contributed by atoms with Crippen molar-refractivity contribution in [2.45, 2.75) is 23.9 Å². The average molecular weight is 398 g/mol. The molecule has 0 saturated heterocycles. The van der Waals surface area contributed by atoms with Gasteiger partial charge >= 0.3 is 6.18 Å². The van der Waals surface area contributed by atoms with E-state index in [1.807, 2.05) is 12.1 Å². The van der Waals surface area contributed by atoms with E-state index >= 15 is 0 Å². The fourth-order valence-electron chi connectivity index (χ4n) is 2.94. The third kappa shape index (κ3) is 4.24. The molecule has 144 valence electrons. The van der Waals surface area contributed by atoms with Crippen molar-refractivity contribution in [3.05, 3.63) is 59.7 Å². The van der Waals surface area contributed by atoms with Crippen molar-refractivity contribution in [1.29, 1.82) is 0 Å². The van der Waals surface area contributed by atoms with E-state index in [2.05, 4.69) is 0 Å². The Balaban J connectivity index is 1.82. The lowest BCUT2D eigenvalue weighted by atomic mass is 10.0. The number of alkyl halides is 3. The zero-order valence-electron chi connectivity index (χ0n) is 14.2. The van der Waals surface area contributed by atoms with Gasteiger partial charge in [0.2, 0.25) is 0 Å². The molecule has 0 fully saturated rings. The number of nitrogens with one attached hydrogen (secondary N) is 1. The molecular weight excluding hydrogens is 381 g/mol. The molecule has 0 aliphatic carbocycles. The van der Waals surface area contributed by atoms with Gasteiger partial charge in [-0.1, -0.05) is 18.2 Å². The van der Waals surface area contributed by atoms with Gasteiger partial charge in [0.15, 0.2) is 0 Å². The molecule has 1 aliphatic rings. The molecule has 9 heteroatoms. The van der Waals surface area contributed by atoms with Crippen molar-refractivity contribution in [3.8, 4) is 0 Å². The summed E-state index contributed by atoms with van der Waals surface area (Å²) in [5, 5.41) is 1.75. The predicted molar refractivity (Wildman–Crippen MR) is 94.1 cm³/mol. The smallest absolute Gasteiger partial charge is 0.343 e. The highest BCUT2D eigenvalue weighted by Gasteiger charge is 2.30. The summed E-state index contributed by atoms with van der Waals surface area (Å²) in [5.74, 6) is -0.917. The van der Waals surface area contributed by atoms with Crippen LogP contribution in [0.4, 0.5) is 18.9 Å². The summed E-state index contributed by atoms with van der Waals surface area (Å²) in [4.78, 5) is 11.7. The topological polar surface area (TPSA) is 66.5 Å². The first kappa shape index (κ1) is 19.2. The lowest BCUT2D eigenvalue weighted by Gasteiger charge is -2.30. The van der Waals surface area contributed by atoms with Crippen molar-refractivity contribution in [2.24, 2.45) is 0 Å². The maximum Gasteiger partial charge on any atom is 0.405 e. The molecule has 0 saturated carbocycles. The van der Waals surface area contributed by atoms with Gasteiger partial charge in [0.05, 0.1) is 10.6 Å². The van der Waals surface area contributed by atoms with Crippen molar-refractivity contribution in [3.63, 3.8) is 0 Å². The van der Waals surface area contributed by atoms with Gasteiger partial charge in [0.25, 0.3) is 15.9 Å². The molecular formula is C18H17F3N2O3S. The van der Waals surface area contributed by atoms with Gasteiger partial charge in [0.1, 0.15) is 6.54 Å². The summed E-state index contributed by atoms with van der Waals surface area (Å²) in [6.45, 7) is -1.11. The Kier molecular flexibility index (Phi) is 5.14. The van der Waals surface area contributed by atoms with Gasteiger partial charge in [-0.3, -0.25) is 9.10 Å². The summed E-state index contributed by atoms with van der Waals surface area (Å²) < 4.78 is 63.8. The number of amides is 1. The number of aryl methyl sites for hydroxylation is 1. The molecule has 1 aliphatic heterocycles. The molecule has 3 rings (SSSR count). The van der Waals surface area contributed by atoms with Crippen LogP contribution in [-0.2, 0) is 16.4 Å². The van der Waals surface area contributed by atoms with Crippen molar-refractivity contribution in [2.75, 3.05) is 17.4 Å². The summed E-state index contributed by atoms with van der Waals surface area (Å²) in [5.41, 5.74) is 1.52. The van der Waals surface area contributed by atoms with Crippen LogP contribution in [0.5, 0.6) is 0 Å². The van der Waals surface area contributed by atoms with Gasteiger partial charge in [0, 0.05) is 12.1 Å². The number of benzene rings is 2. The Labute approximate surface area is 154 Å². The van der Waals surface area contributed by atoms with E-state index in [-0.39, 0.29) is 10.5 Å². The highest BCUT2D eigenvalue weighted by molar-refractivity contribution is 7.92. The van der Waals surface area contributed by atoms with Gasteiger partial charge in [-0.05, 0) is 48.7 Å². The van der Waals surface area contributed by atoms with E-state index < -0.39 is 28.7 Å². The largest absolute Gasteiger partial charge is 0.405 e. The van der Waals surface area contributed by atoms with E-state index in [1.165, 1.54) is 28.6 Å². The van der Waals surface area contributed by atoms with Crippen LogP contribution in [0.3, 0.4) is 0 Å². The number of hydrogen-bond donors (Lipinski definition) is 1. The second-order valence-corrected chi connectivity index (χ2v) is 7.99. The quantitative estimate of drug-likeness (QED) is 0.861. The second kappa shape index (κ2) is 7.22. The summed E-state index contributed by atoms with van der Waals surface area (Å²) in [7, 11) is -3.83. The van der Waals surface area contributed by atoms with Crippen molar-refractivity contribution >= 4 is 21.6 Å². The monoisotopic (exact) mass is 398 g/mol. The molecule has 1 heterocycles. The molecule has 27 heavy (non-hydrogen) atoms. The molecule has 0 unspecified atom stereocenters. The van der Waals surface area contributed by atoms with Crippen LogP contribution < -0.4 is 9.62 Å². The lowest BCUT2D eigenvalue weighted by molar-refractivity contribution is -0.123. The van der Waals surface area contributed by atoms with Crippen LogP contribution in [0, 0.1) is 0 Å². The van der Waals surface area contributed by atoms with Gasteiger partial charge in [-0.15, -0.1) is 0 Å². The first-order valence-corrected chi connectivity index (χ1v) is 9.68. The molecule has 2 aromatic rings. The molecule has 1 amide bonds. The van der Waals surface area contributed by atoms with E-state index in [1.54, 1.807) is 17.4 Å². The summed E-state index contributed by atoms with van der Waals surface area (Å²) >= 11 is 0. The maximum atomic E-state index is 13.0. The van der Waals surface area contributed by atoms with Crippen LogP contribution in [0.25, 0.3) is 0 Å². The Morgan fingerprint density at radius 1 is 1.07 bits per heavy atom. The minimum atomic E-state index is -4.51. The number of para-hydroxylation sites is 1. The highest BCUT2D eigenvalue weighted by Crippen LogP contribution is 2.31. The SMILES string of the molecule is O=C(NCC(F)(F)F)c1ccc(S(=O)(=O)N2CCCc3ccccc32)cc1. The molecule has 1 N–H and O–H groups in total. The minimum Gasteiger partial charge on any atom is -0.343 e. The molecule has 0 atom stereocenters. The summed E-state index contributed by atoms with van der Waals surface area (Å²) in [6, 6.07) is 12.1. The molecule has 0 aromatic heterocycles. The van der Waals surface area contributed by atoms with Crippen molar-refractivity contribution < 1.29 is 26.4 Å². The number of halogens is 3. The molecule has 0 radical (unpaired) electrons. The number of fused-ring (bicyclic) bond motifs is 1. The first-order chi connectivity index (χ1) is 12.7. The number of hydrogen-bond acceptors (Lipinski definition) is 3. The normalized spacial score (nSPS) is 14.6. The maximum absolute atomic E-state index is 13.0. The predicted octanol–water partition coefficient (Wildman–Crippen LogP) is 3.12.